The smallest absolute Gasteiger partial charge is 0.407 e. The van der Waals surface area contributed by atoms with Crippen molar-refractivity contribution in [3.63, 3.8) is 0 Å². The van der Waals surface area contributed by atoms with Gasteiger partial charge in [-0.1, -0.05) is 50.6 Å². The van der Waals surface area contributed by atoms with Gasteiger partial charge in [0.05, 0.1) is 22.8 Å². The van der Waals surface area contributed by atoms with E-state index in [2.05, 4.69) is 25.5 Å². The van der Waals surface area contributed by atoms with Crippen LogP contribution in [0, 0.1) is 5.41 Å². The monoisotopic (exact) mass is 769 g/mol. The van der Waals surface area contributed by atoms with Crippen molar-refractivity contribution in [1.29, 1.82) is 0 Å². The summed E-state index contributed by atoms with van der Waals surface area (Å²) in [6, 6.07) is 8.73. The van der Waals surface area contributed by atoms with Gasteiger partial charge in [-0.2, -0.15) is 27.3 Å². The fourth-order valence-electron chi connectivity index (χ4n) is 4.77. The molecule has 0 saturated carbocycles. The van der Waals surface area contributed by atoms with E-state index in [1.165, 1.54) is 48.7 Å². The van der Waals surface area contributed by atoms with Gasteiger partial charge in [0.1, 0.15) is 12.9 Å². The second-order valence-electron chi connectivity index (χ2n) is 13.6. The summed E-state index contributed by atoms with van der Waals surface area (Å²) in [5, 5.41) is 9.54. The Bertz CT molecular complexity index is 1910. The number of carbonyl (C=O) groups excluding carboxylic acids is 2. The molecule has 2 heterocycles. The molecule has 0 radical (unpaired) electrons. The number of guanidine groups is 1. The molecule has 0 saturated heterocycles. The molecule has 0 fully saturated rings. The van der Waals surface area contributed by atoms with Crippen molar-refractivity contribution in [2.24, 2.45) is 16.1 Å². The van der Waals surface area contributed by atoms with Gasteiger partial charge in [-0.25, -0.2) is 23.2 Å². The van der Waals surface area contributed by atoms with E-state index in [0.29, 0.717) is 26.9 Å². The number of alkyl carbamates (subject to hydrolysis) is 1. The molecule has 19 heteroatoms. The summed E-state index contributed by atoms with van der Waals surface area (Å²) in [4.78, 5) is 36.7. The molecule has 2 aromatic carbocycles. The topological polar surface area (TPSA) is 146 Å². The SMILES string of the molecule is CC(C)(C)CCN=C(N)N(C(=O)c1ccc(-c2cnn(C(F)F)c2)cc1)[C@H](COC(=O)NC(C)(C)C(F)F)c1ccc(Cl)c(-c2ncn(C(F)F)n2)c1. The second-order valence-corrected chi connectivity index (χ2v) is 14.0. The minimum absolute atomic E-state index is 0.0452. The van der Waals surface area contributed by atoms with Crippen LogP contribution in [0.3, 0.4) is 0 Å². The summed E-state index contributed by atoms with van der Waals surface area (Å²) in [7, 11) is 0. The maximum Gasteiger partial charge on any atom is 0.407 e. The number of benzene rings is 2. The van der Waals surface area contributed by atoms with Gasteiger partial charge in [-0.05, 0) is 61.1 Å². The van der Waals surface area contributed by atoms with Gasteiger partial charge in [0.25, 0.3) is 12.3 Å². The second kappa shape index (κ2) is 16.7. The van der Waals surface area contributed by atoms with Crippen LogP contribution >= 0.6 is 11.6 Å². The van der Waals surface area contributed by atoms with Crippen LogP contribution in [0.5, 0.6) is 0 Å². The van der Waals surface area contributed by atoms with E-state index in [1.807, 2.05) is 20.8 Å². The minimum atomic E-state index is -3.00. The van der Waals surface area contributed by atoms with Crippen LogP contribution < -0.4 is 11.1 Å². The molecule has 2 aromatic heterocycles. The fourth-order valence-corrected chi connectivity index (χ4v) is 4.97. The van der Waals surface area contributed by atoms with E-state index in [9.17, 15) is 35.9 Å². The predicted molar refractivity (Wildman–Crippen MR) is 185 cm³/mol. The lowest BCUT2D eigenvalue weighted by Gasteiger charge is -2.32. The van der Waals surface area contributed by atoms with Gasteiger partial charge in [-0.3, -0.25) is 14.7 Å². The Balaban J connectivity index is 1.82. The molecule has 0 aliphatic carbocycles. The highest BCUT2D eigenvalue weighted by Crippen LogP contribution is 2.33. The lowest BCUT2D eigenvalue weighted by molar-refractivity contribution is 0.0404. The Hall–Kier alpha value is -5.13. The van der Waals surface area contributed by atoms with E-state index >= 15 is 0 Å². The summed E-state index contributed by atoms with van der Waals surface area (Å²) >= 11 is 6.43. The van der Waals surface area contributed by atoms with Crippen molar-refractivity contribution in [2.45, 2.75) is 72.1 Å². The first kappa shape index (κ1) is 40.6. The Labute approximate surface area is 306 Å². The lowest BCUT2D eigenvalue weighted by Crippen LogP contribution is -2.50. The largest absolute Gasteiger partial charge is 0.447 e. The number of alkyl halides is 6. The van der Waals surface area contributed by atoms with E-state index in [1.54, 1.807) is 0 Å². The van der Waals surface area contributed by atoms with Crippen molar-refractivity contribution in [3.05, 3.63) is 77.3 Å². The number of hydrogen-bond acceptors (Lipinski definition) is 7. The fraction of sp³-hybridized carbons (Fsp3) is 0.412. The Morgan fingerprint density at radius 3 is 2.21 bits per heavy atom. The van der Waals surface area contributed by atoms with Crippen molar-refractivity contribution in [2.75, 3.05) is 13.2 Å². The first-order valence-electron chi connectivity index (χ1n) is 16.1. The number of rotatable bonds is 13. The third-order valence-electron chi connectivity index (χ3n) is 7.85. The summed E-state index contributed by atoms with van der Waals surface area (Å²) in [6.07, 6.45) is -0.472. The number of aromatic nitrogens is 5. The molecule has 0 unspecified atom stereocenters. The summed E-state index contributed by atoms with van der Waals surface area (Å²) in [5.74, 6) is -1.25. The van der Waals surface area contributed by atoms with E-state index in [4.69, 9.17) is 22.1 Å². The molecule has 0 aliphatic heterocycles. The summed E-state index contributed by atoms with van der Waals surface area (Å²) in [5.41, 5.74) is 5.48. The molecule has 2 amide bonds. The number of nitrogens with zero attached hydrogens (tertiary/aromatic N) is 7. The number of amides is 2. The van der Waals surface area contributed by atoms with Crippen molar-refractivity contribution in [1.82, 2.24) is 34.8 Å². The van der Waals surface area contributed by atoms with Crippen LogP contribution in [0.2, 0.25) is 5.02 Å². The van der Waals surface area contributed by atoms with Crippen LogP contribution in [0.25, 0.3) is 22.5 Å². The number of nitrogens with two attached hydrogens (primary N) is 1. The third-order valence-corrected chi connectivity index (χ3v) is 8.18. The number of ether oxygens (including phenoxy) is 1. The van der Waals surface area contributed by atoms with Gasteiger partial charge in [-0.15, -0.1) is 5.10 Å². The van der Waals surface area contributed by atoms with E-state index < -0.39 is 49.7 Å². The molecule has 286 valence electrons. The first-order valence-corrected chi connectivity index (χ1v) is 16.4. The number of hydrogen-bond donors (Lipinski definition) is 2. The number of carbonyl (C=O) groups is 2. The van der Waals surface area contributed by atoms with Crippen molar-refractivity contribution in [3.8, 4) is 22.5 Å². The maximum absolute atomic E-state index is 14.4. The Kier molecular flexibility index (Phi) is 12.8. The molecule has 4 rings (SSSR count). The Morgan fingerprint density at radius 2 is 1.64 bits per heavy atom. The molecular formula is C34H38ClF6N9O3. The zero-order chi connectivity index (χ0) is 39.2. The molecule has 4 aromatic rings. The standard InChI is InChI=1S/C34H38ClF6N9O3/c1-33(2,3)12-13-43-31(42)50(27(51)20-8-6-19(7-9-20)22-15-45-48(16-22)29(38)39)25(17-53-32(52)46-34(4,5)28(36)37)21-10-11-24(35)23(14-21)26-44-18-49(47-26)30(40)41/h6-11,14-16,18,25,28-30H,12-13,17H2,1-5H3,(H2,42,43)(H,46,52)/t25-/m1/s1. The lowest BCUT2D eigenvalue weighted by atomic mass is 9.92. The van der Waals surface area contributed by atoms with Gasteiger partial charge in [0, 0.05) is 29.4 Å². The van der Waals surface area contributed by atoms with Crippen LogP contribution in [0.1, 0.15) is 76.1 Å². The zero-order valence-electron chi connectivity index (χ0n) is 29.3. The van der Waals surface area contributed by atoms with Crippen LogP contribution in [0.15, 0.2) is 66.2 Å². The van der Waals surface area contributed by atoms with Gasteiger partial charge in [0.15, 0.2) is 11.8 Å². The predicted octanol–water partition coefficient (Wildman–Crippen LogP) is 7.96. The van der Waals surface area contributed by atoms with Crippen LogP contribution in [0.4, 0.5) is 31.1 Å². The van der Waals surface area contributed by atoms with Crippen LogP contribution in [-0.4, -0.2) is 72.5 Å². The third kappa shape index (κ3) is 10.5. The summed E-state index contributed by atoms with van der Waals surface area (Å²) < 4.78 is 86.2. The van der Waals surface area contributed by atoms with Gasteiger partial charge >= 0.3 is 19.2 Å². The molecular weight excluding hydrogens is 732 g/mol. The zero-order valence-corrected chi connectivity index (χ0v) is 30.0. The average molecular weight is 770 g/mol. The number of aliphatic imine (C=N–C) groups is 1. The van der Waals surface area contributed by atoms with E-state index in [-0.39, 0.29) is 45.5 Å². The van der Waals surface area contributed by atoms with Gasteiger partial charge < -0.3 is 15.8 Å². The molecule has 12 nitrogen and oxygen atoms in total. The van der Waals surface area contributed by atoms with Crippen molar-refractivity contribution >= 4 is 29.6 Å². The van der Waals surface area contributed by atoms with Gasteiger partial charge in [0.2, 0.25) is 0 Å². The molecule has 1 atom stereocenters. The maximum atomic E-state index is 14.4. The highest BCUT2D eigenvalue weighted by molar-refractivity contribution is 6.33. The molecule has 0 aliphatic rings. The first-order chi connectivity index (χ1) is 24.8. The summed E-state index contributed by atoms with van der Waals surface area (Å²) in [6.45, 7) is 1.75. The highest BCUT2D eigenvalue weighted by Gasteiger charge is 2.35. The van der Waals surface area contributed by atoms with E-state index in [0.717, 1.165) is 31.3 Å². The van der Waals surface area contributed by atoms with Crippen molar-refractivity contribution < 1.29 is 40.7 Å². The minimum Gasteiger partial charge on any atom is -0.447 e. The molecule has 3 N–H and O–H groups in total. The molecule has 53 heavy (non-hydrogen) atoms. The molecule has 0 bridgehead atoms. The Morgan fingerprint density at radius 1 is 0.981 bits per heavy atom. The number of nitrogens with one attached hydrogen (secondary N) is 1. The van der Waals surface area contributed by atoms with Crippen LogP contribution in [-0.2, 0) is 4.74 Å². The number of halogens is 7. The normalized spacial score (nSPS) is 13.2. The highest BCUT2D eigenvalue weighted by atomic mass is 35.5. The quantitative estimate of drug-likeness (QED) is 0.0798. The molecule has 0 spiro atoms. The average Bonchev–Trinajstić information content (AvgIpc) is 3.77.